The molecule has 1 heterocycles. The number of nitrogens with one attached hydrogen (secondary N) is 1. The second kappa shape index (κ2) is 7.76. The number of anilines is 1. The highest BCUT2D eigenvalue weighted by molar-refractivity contribution is 5.92. The van der Waals surface area contributed by atoms with Crippen LogP contribution in [0.2, 0.25) is 0 Å². The molecule has 23 heavy (non-hydrogen) atoms. The van der Waals surface area contributed by atoms with Crippen molar-refractivity contribution in [2.75, 3.05) is 18.5 Å². The molecule has 0 saturated carbocycles. The number of benzene rings is 2. The molecule has 3 rings (SSSR count). The van der Waals surface area contributed by atoms with Gasteiger partial charge in [-0.2, -0.15) is 0 Å². The molecule has 2 aromatic rings. The number of carbonyl (C=O) groups is 1. The molecule has 0 spiro atoms. The quantitative estimate of drug-likeness (QED) is 0.917. The van der Waals surface area contributed by atoms with Crippen LogP contribution in [0.1, 0.15) is 12.8 Å². The van der Waals surface area contributed by atoms with E-state index < -0.39 is 6.29 Å². The van der Waals surface area contributed by atoms with Crippen LogP contribution in [0.3, 0.4) is 0 Å². The van der Waals surface area contributed by atoms with Gasteiger partial charge in [0.2, 0.25) is 5.91 Å². The molecule has 0 atom stereocenters. The highest BCUT2D eigenvalue weighted by atomic mass is 16.7. The normalized spacial score (nSPS) is 15.1. The molecule has 0 aliphatic carbocycles. The topological polar surface area (TPSA) is 56.8 Å². The van der Waals surface area contributed by atoms with Crippen molar-refractivity contribution in [3.05, 3.63) is 54.6 Å². The highest BCUT2D eigenvalue weighted by Gasteiger charge is 2.19. The zero-order valence-corrected chi connectivity index (χ0v) is 12.7. The maximum Gasteiger partial charge on any atom is 0.229 e. The van der Waals surface area contributed by atoms with Crippen LogP contribution in [0, 0.1) is 0 Å². The molecule has 1 fully saturated rings. The van der Waals surface area contributed by atoms with Gasteiger partial charge in [-0.3, -0.25) is 4.79 Å². The van der Waals surface area contributed by atoms with E-state index in [2.05, 4.69) is 5.32 Å². The SMILES string of the molecule is O=C(CC1OCCCO1)Nc1ccccc1Oc1ccccc1. The molecule has 120 valence electrons. The lowest BCUT2D eigenvalue weighted by atomic mass is 10.2. The summed E-state index contributed by atoms with van der Waals surface area (Å²) in [6.07, 6.45) is 0.567. The van der Waals surface area contributed by atoms with Crippen molar-refractivity contribution in [2.45, 2.75) is 19.1 Å². The summed E-state index contributed by atoms with van der Waals surface area (Å²) in [4.78, 5) is 12.2. The number of hydrogen-bond donors (Lipinski definition) is 1. The van der Waals surface area contributed by atoms with Gasteiger partial charge in [0, 0.05) is 0 Å². The third-order valence-corrected chi connectivity index (χ3v) is 3.38. The van der Waals surface area contributed by atoms with Gasteiger partial charge in [0.15, 0.2) is 12.0 Å². The average molecular weight is 313 g/mol. The minimum Gasteiger partial charge on any atom is -0.455 e. The minimum absolute atomic E-state index is 0.166. The van der Waals surface area contributed by atoms with Gasteiger partial charge in [0.05, 0.1) is 25.3 Å². The Morgan fingerprint density at radius 1 is 1.04 bits per heavy atom. The lowest BCUT2D eigenvalue weighted by Crippen LogP contribution is -2.29. The Balaban J connectivity index is 1.64. The van der Waals surface area contributed by atoms with E-state index in [1.165, 1.54) is 0 Å². The van der Waals surface area contributed by atoms with Crippen LogP contribution in [0.25, 0.3) is 0 Å². The van der Waals surface area contributed by atoms with E-state index in [1.807, 2.05) is 48.5 Å². The van der Waals surface area contributed by atoms with E-state index in [9.17, 15) is 4.79 Å². The predicted octanol–water partition coefficient (Wildman–Crippen LogP) is 3.57. The number of carbonyl (C=O) groups excluding carboxylic acids is 1. The lowest BCUT2D eigenvalue weighted by Gasteiger charge is -2.22. The van der Waals surface area contributed by atoms with Gasteiger partial charge in [-0.15, -0.1) is 0 Å². The summed E-state index contributed by atoms with van der Waals surface area (Å²) in [5, 5.41) is 2.85. The largest absolute Gasteiger partial charge is 0.455 e. The van der Waals surface area contributed by atoms with E-state index in [4.69, 9.17) is 14.2 Å². The molecule has 0 unspecified atom stereocenters. The average Bonchev–Trinajstić information content (AvgIpc) is 2.58. The van der Waals surface area contributed by atoms with E-state index in [0.29, 0.717) is 30.4 Å². The predicted molar refractivity (Wildman–Crippen MR) is 86.5 cm³/mol. The summed E-state index contributed by atoms with van der Waals surface area (Å²) in [5.74, 6) is 1.15. The van der Waals surface area contributed by atoms with E-state index in [-0.39, 0.29) is 12.3 Å². The van der Waals surface area contributed by atoms with E-state index in [0.717, 1.165) is 6.42 Å². The Morgan fingerprint density at radius 3 is 2.52 bits per heavy atom. The molecule has 5 heteroatoms. The van der Waals surface area contributed by atoms with Crippen molar-refractivity contribution in [3.8, 4) is 11.5 Å². The Morgan fingerprint density at radius 2 is 1.74 bits per heavy atom. The molecule has 5 nitrogen and oxygen atoms in total. The van der Waals surface area contributed by atoms with Crippen molar-refractivity contribution >= 4 is 11.6 Å². The maximum atomic E-state index is 12.2. The van der Waals surface area contributed by atoms with Crippen LogP contribution >= 0.6 is 0 Å². The van der Waals surface area contributed by atoms with Crippen molar-refractivity contribution in [3.63, 3.8) is 0 Å². The first-order chi connectivity index (χ1) is 11.3. The lowest BCUT2D eigenvalue weighted by molar-refractivity contribution is -0.182. The molecule has 0 bridgehead atoms. The summed E-state index contributed by atoms with van der Waals surface area (Å²) >= 11 is 0. The zero-order chi connectivity index (χ0) is 15.9. The van der Waals surface area contributed by atoms with Crippen molar-refractivity contribution in [1.29, 1.82) is 0 Å². The molecule has 2 aromatic carbocycles. The second-order valence-corrected chi connectivity index (χ2v) is 5.19. The number of rotatable bonds is 5. The molecule has 1 amide bonds. The Bertz CT molecular complexity index is 638. The molecule has 0 aromatic heterocycles. The first-order valence-corrected chi connectivity index (χ1v) is 7.66. The molecule has 1 N–H and O–H groups in total. The third-order valence-electron chi connectivity index (χ3n) is 3.38. The van der Waals surface area contributed by atoms with Gasteiger partial charge in [-0.25, -0.2) is 0 Å². The minimum atomic E-state index is -0.467. The Hall–Kier alpha value is -2.37. The molecular weight excluding hydrogens is 294 g/mol. The first-order valence-electron chi connectivity index (χ1n) is 7.66. The number of para-hydroxylation sites is 3. The zero-order valence-electron chi connectivity index (χ0n) is 12.7. The summed E-state index contributed by atoms with van der Waals surface area (Å²) in [5.41, 5.74) is 0.622. The van der Waals surface area contributed by atoms with Gasteiger partial charge in [-0.05, 0) is 30.7 Å². The van der Waals surface area contributed by atoms with Crippen LogP contribution in [0.15, 0.2) is 54.6 Å². The van der Waals surface area contributed by atoms with Crippen molar-refractivity contribution in [2.24, 2.45) is 0 Å². The second-order valence-electron chi connectivity index (χ2n) is 5.19. The van der Waals surface area contributed by atoms with Gasteiger partial charge in [0.1, 0.15) is 5.75 Å². The molecule has 1 saturated heterocycles. The molecule has 0 radical (unpaired) electrons. The van der Waals surface area contributed by atoms with Gasteiger partial charge >= 0.3 is 0 Å². The molecule has 1 aliphatic heterocycles. The number of ether oxygens (including phenoxy) is 3. The smallest absolute Gasteiger partial charge is 0.229 e. The van der Waals surface area contributed by atoms with Crippen LogP contribution in [0.5, 0.6) is 11.5 Å². The Labute approximate surface area is 135 Å². The molecular formula is C18H19NO4. The summed E-state index contributed by atoms with van der Waals surface area (Å²) in [6.45, 7) is 1.26. The number of hydrogen-bond acceptors (Lipinski definition) is 4. The first kappa shape index (κ1) is 15.5. The van der Waals surface area contributed by atoms with E-state index >= 15 is 0 Å². The summed E-state index contributed by atoms with van der Waals surface area (Å²) in [7, 11) is 0. The van der Waals surface area contributed by atoms with Gasteiger partial charge < -0.3 is 19.5 Å². The van der Waals surface area contributed by atoms with E-state index in [1.54, 1.807) is 6.07 Å². The summed E-state index contributed by atoms with van der Waals surface area (Å²) in [6, 6.07) is 16.8. The van der Waals surface area contributed by atoms with Crippen LogP contribution < -0.4 is 10.1 Å². The fourth-order valence-corrected chi connectivity index (χ4v) is 2.28. The fraction of sp³-hybridized carbons (Fsp3) is 0.278. The van der Waals surface area contributed by atoms with Gasteiger partial charge in [-0.1, -0.05) is 30.3 Å². The van der Waals surface area contributed by atoms with Gasteiger partial charge in [0.25, 0.3) is 0 Å². The third kappa shape index (κ3) is 4.55. The fourth-order valence-electron chi connectivity index (χ4n) is 2.28. The summed E-state index contributed by atoms with van der Waals surface area (Å²) < 4.78 is 16.6. The van der Waals surface area contributed by atoms with Crippen LogP contribution in [-0.4, -0.2) is 25.4 Å². The number of amides is 1. The standard InChI is InChI=1S/C18H19NO4/c20-17(13-18-21-11-6-12-22-18)19-15-9-4-5-10-16(15)23-14-7-2-1-3-8-14/h1-5,7-10,18H,6,11-13H2,(H,19,20). The maximum absolute atomic E-state index is 12.2. The Kier molecular flexibility index (Phi) is 5.24. The monoisotopic (exact) mass is 313 g/mol. The molecule has 1 aliphatic rings. The van der Waals surface area contributed by atoms with Crippen LogP contribution in [0.4, 0.5) is 5.69 Å². The highest BCUT2D eigenvalue weighted by Crippen LogP contribution is 2.29. The van der Waals surface area contributed by atoms with Crippen molar-refractivity contribution < 1.29 is 19.0 Å². The van der Waals surface area contributed by atoms with Crippen LogP contribution in [-0.2, 0) is 14.3 Å². The van der Waals surface area contributed by atoms with Crippen molar-refractivity contribution in [1.82, 2.24) is 0 Å².